The van der Waals surface area contributed by atoms with Crippen molar-refractivity contribution in [2.75, 3.05) is 0 Å². The fraction of sp³-hybridized carbons (Fsp3) is 0.477. The molecule has 7 bridgehead atoms. The monoisotopic (exact) mass is 644 g/mol. The van der Waals surface area contributed by atoms with Gasteiger partial charge in [0.25, 0.3) is 0 Å². The zero-order valence-electron chi connectivity index (χ0n) is 31.0. The first-order chi connectivity index (χ1) is 22.0. The summed E-state index contributed by atoms with van der Waals surface area (Å²) in [5, 5.41) is 13.1. The molecular weight excluding hydrogens is 592 g/mol. The number of ketones is 1. The molecule has 3 aromatic carbocycles. The first-order valence-corrected chi connectivity index (χ1v) is 17.6. The van der Waals surface area contributed by atoms with Crippen LogP contribution in [0.3, 0.4) is 0 Å². The van der Waals surface area contributed by atoms with Crippen LogP contribution in [0.2, 0.25) is 0 Å². The fourth-order valence-electron chi connectivity index (χ4n) is 7.85. The van der Waals surface area contributed by atoms with Crippen LogP contribution in [0.4, 0.5) is 0 Å². The maximum atomic E-state index is 15.0. The predicted octanol–water partition coefficient (Wildman–Crippen LogP) is 10.5. The Hall–Kier alpha value is -3.79. The minimum atomic E-state index is -1.11. The number of carbonyl (C=O) groups is 1. The van der Waals surface area contributed by atoms with Gasteiger partial charge in [0.2, 0.25) is 0 Å². The summed E-state index contributed by atoms with van der Waals surface area (Å²) < 4.78 is 13.8. The summed E-state index contributed by atoms with van der Waals surface area (Å²) in [5.74, 6) is 1.25. The number of carbonyl (C=O) groups excluding carboxylic acids is 1. The Bertz CT molecular complexity index is 2040. The quantitative estimate of drug-likeness (QED) is 0.194. The highest BCUT2D eigenvalue weighted by Crippen LogP contribution is 2.54. The second kappa shape index (κ2) is 10.1. The predicted molar refractivity (Wildman–Crippen MR) is 195 cm³/mol. The molecule has 0 amide bonds. The van der Waals surface area contributed by atoms with E-state index in [2.05, 4.69) is 132 Å². The molecule has 4 aromatic rings. The Balaban J connectivity index is 1.57. The number of phenolic OH excluding ortho intramolecular Hbond substituents is 1. The average Bonchev–Trinajstić information content (AvgIpc) is 3.62. The molecule has 0 saturated carbocycles. The van der Waals surface area contributed by atoms with Crippen LogP contribution in [-0.4, -0.2) is 16.5 Å². The zero-order chi connectivity index (χ0) is 34.9. The second-order valence-electron chi connectivity index (χ2n) is 18.9. The first kappa shape index (κ1) is 32.7. The molecule has 4 heteroatoms. The lowest BCUT2D eigenvalue weighted by Gasteiger charge is -2.25. The number of allylic oxidation sites excluding steroid dienone is 1. The third-order valence-electron chi connectivity index (χ3n) is 10.8. The van der Waals surface area contributed by atoms with Crippen molar-refractivity contribution in [3.05, 3.63) is 104 Å². The number of phenols is 1. The molecule has 48 heavy (non-hydrogen) atoms. The van der Waals surface area contributed by atoms with Gasteiger partial charge in [-0.15, -0.1) is 0 Å². The van der Waals surface area contributed by atoms with Crippen molar-refractivity contribution in [2.45, 2.75) is 130 Å². The van der Waals surface area contributed by atoms with Crippen LogP contribution in [-0.2, 0) is 40.3 Å². The summed E-state index contributed by atoms with van der Waals surface area (Å²) in [7, 11) is 0. The molecule has 2 unspecified atom stereocenters. The van der Waals surface area contributed by atoms with E-state index >= 15 is 0 Å². The van der Waals surface area contributed by atoms with Crippen LogP contribution in [0.25, 0.3) is 11.0 Å². The van der Waals surface area contributed by atoms with Crippen molar-refractivity contribution < 1.29 is 19.1 Å². The third-order valence-corrected chi connectivity index (χ3v) is 10.8. The van der Waals surface area contributed by atoms with E-state index in [0.29, 0.717) is 30.8 Å². The van der Waals surface area contributed by atoms with Crippen molar-refractivity contribution in [2.24, 2.45) is 5.41 Å². The highest BCUT2D eigenvalue weighted by atomic mass is 16.5. The Labute approximate surface area is 286 Å². The summed E-state index contributed by atoms with van der Waals surface area (Å²) in [6.07, 6.45) is 3.61. The smallest absolute Gasteiger partial charge is 0.195 e. The van der Waals surface area contributed by atoms with Gasteiger partial charge in [-0.05, 0) is 84.4 Å². The van der Waals surface area contributed by atoms with Crippen molar-refractivity contribution in [3.8, 4) is 11.5 Å². The number of aromatic hydroxyl groups is 1. The van der Waals surface area contributed by atoms with E-state index in [-0.39, 0.29) is 27.4 Å². The molecule has 7 rings (SSSR count). The van der Waals surface area contributed by atoms with Gasteiger partial charge in [-0.3, -0.25) is 4.79 Å². The lowest BCUT2D eigenvalue weighted by molar-refractivity contribution is -0.129. The largest absolute Gasteiger partial charge is 0.507 e. The molecule has 2 aliphatic heterocycles. The molecule has 0 saturated heterocycles. The highest BCUT2D eigenvalue weighted by Gasteiger charge is 2.56. The lowest BCUT2D eigenvalue weighted by atomic mass is 9.79. The van der Waals surface area contributed by atoms with Gasteiger partial charge in [-0.1, -0.05) is 113 Å². The summed E-state index contributed by atoms with van der Waals surface area (Å²) in [6.45, 7) is 26.5. The van der Waals surface area contributed by atoms with Crippen LogP contribution < -0.4 is 4.74 Å². The number of hydrogen-bond donors (Lipinski definition) is 1. The molecule has 2 atom stereocenters. The van der Waals surface area contributed by atoms with Crippen LogP contribution in [0.1, 0.15) is 139 Å². The molecule has 1 N–H and O–H groups in total. The van der Waals surface area contributed by atoms with E-state index in [1.54, 1.807) is 0 Å². The topological polar surface area (TPSA) is 59.7 Å². The van der Waals surface area contributed by atoms with Crippen molar-refractivity contribution in [1.29, 1.82) is 0 Å². The Kier molecular flexibility index (Phi) is 6.90. The van der Waals surface area contributed by atoms with Crippen molar-refractivity contribution in [3.63, 3.8) is 0 Å². The lowest BCUT2D eigenvalue weighted by Crippen LogP contribution is -2.40. The van der Waals surface area contributed by atoms with E-state index in [9.17, 15) is 9.90 Å². The summed E-state index contributed by atoms with van der Waals surface area (Å²) in [5.41, 5.74) is 8.49. The van der Waals surface area contributed by atoms with Crippen molar-refractivity contribution >= 4 is 16.8 Å². The number of ether oxygens (including phenoxy) is 1. The molecule has 3 aliphatic rings. The molecule has 0 radical (unpaired) electrons. The van der Waals surface area contributed by atoms with Gasteiger partial charge in [0.05, 0.1) is 0 Å². The second-order valence-corrected chi connectivity index (χ2v) is 18.9. The Morgan fingerprint density at radius 3 is 1.71 bits per heavy atom. The number of furan rings is 1. The molecule has 4 nitrogen and oxygen atoms in total. The number of Topliss-reactive ketones (excluding diaryl/α,β-unsaturated/α-hetero) is 1. The van der Waals surface area contributed by atoms with E-state index < -0.39 is 11.5 Å². The van der Waals surface area contributed by atoms with E-state index in [1.165, 1.54) is 16.7 Å². The summed E-state index contributed by atoms with van der Waals surface area (Å²) in [6, 6.07) is 15.3. The fourth-order valence-corrected chi connectivity index (χ4v) is 7.85. The minimum absolute atomic E-state index is 0.0387. The van der Waals surface area contributed by atoms with Gasteiger partial charge in [-0.2, -0.15) is 0 Å². The Morgan fingerprint density at radius 1 is 0.646 bits per heavy atom. The Morgan fingerprint density at radius 2 is 1.15 bits per heavy atom. The van der Waals surface area contributed by atoms with Gasteiger partial charge < -0.3 is 14.3 Å². The van der Waals surface area contributed by atoms with E-state index in [4.69, 9.17) is 9.15 Å². The average molecular weight is 645 g/mol. The molecule has 3 heterocycles. The van der Waals surface area contributed by atoms with Crippen LogP contribution in [0.15, 0.2) is 58.5 Å². The number of rotatable bonds is 0. The van der Waals surface area contributed by atoms with Gasteiger partial charge in [-0.25, -0.2) is 0 Å². The normalized spacial score (nSPS) is 21.0. The summed E-state index contributed by atoms with van der Waals surface area (Å²) in [4.78, 5) is 15.0. The molecule has 0 fully saturated rings. The molecule has 1 aliphatic carbocycles. The van der Waals surface area contributed by atoms with Gasteiger partial charge in [0.15, 0.2) is 11.4 Å². The van der Waals surface area contributed by atoms with E-state index in [1.807, 2.05) is 0 Å². The van der Waals surface area contributed by atoms with Gasteiger partial charge >= 0.3 is 0 Å². The first-order valence-electron chi connectivity index (χ1n) is 17.6. The van der Waals surface area contributed by atoms with Crippen molar-refractivity contribution in [1.82, 2.24) is 0 Å². The third kappa shape index (κ3) is 5.22. The van der Waals surface area contributed by atoms with Crippen LogP contribution in [0.5, 0.6) is 11.5 Å². The maximum Gasteiger partial charge on any atom is 0.195 e. The van der Waals surface area contributed by atoms with Crippen LogP contribution >= 0.6 is 0 Å². The number of fused-ring (bicyclic) bond motifs is 5. The highest BCUT2D eigenvalue weighted by molar-refractivity contribution is 6.03. The molecule has 252 valence electrons. The number of benzene rings is 3. The van der Waals surface area contributed by atoms with Crippen LogP contribution in [0, 0.1) is 5.41 Å². The molecule has 1 spiro atoms. The zero-order valence-corrected chi connectivity index (χ0v) is 31.0. The molecular formula is C44H52O4. The van der Waals surface area contributed by atoms with Gasteiger partial charge in [0.1, 0.15) is 28.8 Å². The maximum absolute atomic E-state index is 15.0. The minimum Gasteiger partial charge on any atom is -0.507 e. The van der Waals surface area contributed by atoms with E-state index in [0.717, 1.165) is 50.1 Å². The summed E-state index contributed by atoms with van der Waals surface area (Å²) >= 11 is 0. The standard InChI is InChI=1S/C44H52O4/c1-40(2,3)30-15-24-13-26-17-31(41(4,5)6)19-28-21-34(47-37(26)28)35-33(43(10,11)12)23-44(39(35)46)22-29-20-32(42(7,8)9)18-27(38(29)48-44)14-25(16-30)36(24)45/h15-21,23,35,45H,13-14,22H2,1-12H3. The SMILES string of the molecule is CC(C)(C)C1=CC23Cc4cc(C(C)(C)C)cc(c4O2)Cc2cc(C(C)(C)C)cc(c2O)Cc2cc(C(C)(C)C)cc4cc(oc24)C1C3=O. The number of hydrogen-bond acceptors (Lipinski definition) is 4. The van der Waals surface area contributed by atoms with Gasteiger partial charge in [0, 0.05) is 30.2 Å². The molecule has 1 aromatic heterocycles.